The smallest absolute Gasteiger partial charge is 0.202 e. The van der Waals surface area contributed by atoms with Crippen LogP contribution in [0, 0.1) is 0 Å². The monoisotopic (exact) mass is 385 g/mol. The maximum atomic E-state index is 10.9. The Morgan fingerprint density at radius 3 is 2.15 bits per heavy atom. The number of hydrogen-bond donors (Lipinski definition) is 2. The van der Waals surface area contributed by atoms with E-state index >= 15 is 0 Å². The molecule has 0 amide bonds. The summed E-state index contributed by atoms with van der Waals surface area (Å²) in [7, 11) is 0. The molecule has 1 fully saturated rings. The van der Waals surface area contributed by atoms with Crippen LogP contribution in [-0.2, 0) is 0 Å². The maximum absolute atomic E-state index is 10.9. The summed E-state index contributed by atoms with van der Waals surface area (Å²) in [5.74, 6) is 1.05. The first-order valence-corrected chi connectivity index (χ1v) is 9.53. The highest BCUT2D eigenvalue weighted by atomic mass is 35.5. The third-order valence-electron chi connectivity index (χ3n) is 5.82. The molecule has 26 heavy (non-hydrogen) atoms. The van der Waals surface area contributed by atoms with Gasteiger partial charge in [0.1, 0.15) is 0 Å². The van der Waals surface area contributed by atoms with Crippen LogP contribution in [0.1, 0.15) is 42.2 Å². The van der Waals surface area contributed by atoms with Crippen LogP contribution in [0.3, 0.4) is 0 Å². The van der Waals surface area contributed by atoms with Gasteiger partial charge in [0, 0.05) is 16.7 Å². The van der Waals surface area contributed by atoms with Crippen LogP contribution in [0.2, 0.25) is 10.0 Å². The second-order valence-electron chi connectivity index (χ2n) is 7.16. The Bertz CT molecular complexity index is 1010. The standard InChI is InChI=1S/C21H17Cl2NO2/c22-15-8-7-11(10-16(15)23)14-3-1-2-4-17(14)24-20(25)18-12-5-6-13(9-12)19(18)21(24)26/h1-4,7-8,10,12-13,25-26H,5-6,9H2/t12-,13+. The molecule has 3 nitrogen and oxygen atoms in total. The first-order chi connectivity index (χ1) is 12.6. The number of nitrogens with zero attached hydrogens (tertiary/aromatic N) is 1. The Balaban J connectivity index is 1.73. The van der Waals surface area contributed by atoms with E-state index in [-0.39, 0.29) is 11.8 Å². The molecule has 3 aromatic rings. The van der Waals surface area contributed by atoms with Crippen molar-refractivity contribution in [2.45, 2.75) is 31.1 Å². The van der Waals surface area contributed by atoms with Crippen molar-refractivity contribution >= 4 is 23.2 Å². The molecule has 5 heteroatoms. The summed E-state index contributed by atoms with van der Waals surface area (Å²) in [6.45, 7) is 0. The summed E-state index contributed by atoms with van der Waals surface area (Å²) >= 11 is 12.2. The van der Waals surface area contributed by atoms with Crippen LogP contribution in [0.15, 0.2) is 42.5 Å². The zero-order valence-corrected chi connectivity index (χ0v) is 15.4. The predicted molar refractivity (Wildman–Crippen MR) is 104 cm³/mol. The largest absolute Gasteiger partial charge is 0.494 e. The minimum atomic E-state index is 0.164. The third kappa shape index (κ3) is 2.14. The van der Waals surface area contributed by atoms with Gasteiger partial charge in [-0.05, 0) is 54.9 Å². The van der Waals surface area contributed by atoms with Crippen molar-refractivity contribution < 1.29 is 10.2 Å². The van der Waals surface area contributed by atoms with Crippen molar-refractivity contribution in [3.05, 3.63) is 63.6 Å². The number of para-hydroxylation sites is 1. The molecule has 0 radical (unpaired) electrons. The topological polar surface area (TPSA) is 45.4 Å². The lowest BCUT2D eigenvalue weighted by Crippen LogP contribution is -1.98. The third-order valence-corrected chi connectivity index (χ3v) is 6.56. The van der Waals surface area contributed by atoms with Crippen molar-refractivity contribution in [2.24, 2.45) is 0 Å². The fourth-order valence-electron chi connectivity index (χ4n) is 4.70. The van der Waals surface area contributed by atoms with Gasteiger partial charge in [0.2, 0.25) is 11.8 Å². The van der Waals surface area contributed by atoms with E-state index in [1.807, 2.05) is 30.3 Å². The molecule has 0 saturated heterocycles. The van der Waals surface area contributed by atoms with Crippen LogP contribution in [-0.4, -0.2) is 14.8 Å². The maximum Gasteiger partial charge on any atom is 0.202 e. The van der Waals surface area contributed by atoms with Gasteiger partial charge in [0.15, 0.2) is 0 Å². The summed E-state index contributed by atoms with van der Waals surface area (Å²) in [6.07, 6.45) is 3.22. The van der Waals surface area contributed by atoms with Gasteiger partial charge in [-0.1, -0.05) is 47.5 Å². The molecular weight excluding hydrogens is 369 g/mol. The number of fused-ring (bicyclic) bond motifs is 5. The lowest BCUT2D eigenvalue weighted by Gasteiger charge is -2.15. The number of hydrogen-bond acceptors (Lipinski definition) is 2. The van der Waals surface area contributed by atoms with E-state index in [0.717, 1.165) is 47.2 Å². The second-order valence-corrected chi connectivity index (χ2v) is 7.98. The van der Waals surface area contributed by atoms with Gasteiger partial charge >= 0.3 is 0 Å². The molecule has 2 aromatic carbocycles. The number of halogens is 2. The SMILES string of the molecule is Oc1c2c(c(O)n1-c1ccccc1-c1ccc(Cl)c(Cl)c1)[C@H]1CC[C@@H]2C1. The van der Waals surface area contributed by atoms with Crippen molar-refractivity contribution in [3.63, 3.8) is 0 Å². The number of aromatic hydroxyl groups is 2. The Hall–Kier alpha value is -2.10. The molecule has 2 N–H and O–H groups in total. The Morgan fingerprint density at radius 2 is 1.50 bits per heavy atom. The lowest BCUT2D eigenvalue weighted by molar-refractivity contribution is 0.395. The zero-order chi connectivity index (χ0) is 18.0. The van der Waals surface area contributed by atoms with E-state index in [1.165, 1.54) is 0 Å². The Labute approximate surface area is 161 Å². The molecule has 0 unspecified atom stereocenters. The van der Waals surface area contributed by atoms with Gasteiger partial charge in [-0.2, -0.15) is 0 Å². The van der Waals surface area contributed by atoms with E-state index in [0.29, 0.717) is 21.9 Å². The molecule has 1 heterocycles. The highest BCUT2D eigenvalue weighted by molar-refractivity contribution is 6.42. The van der Waals surface area contributed by atoms with Crippen molar-refractivity contribution in [1.82, 2.24) is 4.57 Å². The minimum Gasteiger partial charge on any atom is -0.494 e. The fraction of sp³-hybridized carbons (Fsp3) is 0.238. The van der Waals surface area contributed by atoms with E-state index < -0.39 is 0 Å². The predicted octanol–water partition coefficient (Wildman–Crippen LogP) is 6.23. The first kappa shape index (κ1) is 16.1. The fourth-order valence-corrected chi connectivity index (χ4v) is 5.00. The average Bonchev–Trinajstić information content (AvgIpc) is 3.32. The molecule has 2 aliphatic rings. The Kier molecular flexibility index (Phi) is 3.53. The van der Waals surface area contributed by atoms with Crippen molar-refractivity contribution in [3.8, 4) is 28.6 Å². The Morgan fingerprint density at radius 1 is 0.846 bits per heavy atom. The van der Waals surface area contributed by atoms with Gasteiger partial charge in [0.05, 0.1) is 15.7 Å². The second kappa shape index (κ2) is 5.70. The van der Waals surface area contributed by atoms with Crippen LogP contribution in [0.5, 0.6) is 11.8 Å². The lowest BCUT2D eigenvalue weighted by atomic mass is 9.95. The molecule has 0 spiro atoms. The summed E-state index contributed by atoms with van der Waals surface area (Å²) in [5.41, 5.74) is 4.35. The van der Waals surface area contributed by atoms with Crippen LogP contribution in [0.4, 0.5) is 0 Å². The number of aromatic nitrogens is 1. The van der Waals surface area contributed by atoms with Crippen LogP contribution in [0.25, 0.3) is 16.8 Å². The molecule has 0 aliphatic heterocycles. The number of benzene rings is 2. The quantitative estimate of drug-likeness (QED) is 0.549. The normalized spacial score (nSPS) is 20.5. The molecule has 2 aliphatic carbocycles. The van der Waals surface area contributed by atoms with E-state index in [2.05, 4.69) is 0 Å². The summed E-state index contributed by atoms with van der Waals surface area (Å²) in [6, 6.07) is 13.1. The highest BCUT2D eigenvalue weighted by Gasteiger charge is 2.44. The van der Waals surface area contributed by atoms with E-state index in [9.17, 15) is 10.2 Å². The first-order valence-electron chi connectivity index (χ1n) is 8.77. The summed E-state index contributed by atoms with van der Waals surface area (Å²) in [5, 5.41) is 22.8. The van der Waals surface area contributed by atoms with Crippen LogP contribution >= 0.6 is 23.2 Å². The van der Waals surface area contributed by atoms with E-state index in [4.69, 9.17) is 23.2 Å². The average molecular weight is 386 g/mol. The molecule has 2 bridgehead atoms. The number of rotatable bonds is 2. The van der Waals surface area contributed by atoms with Gasteiger partial charge in [0.25, 0.3) is 0 Å². The minimum absolute atomic E-state index is 0.164. The van der Waals surface area contributed by atoms with Crippen molar-refractivity contribution in [1.29, 1.82) is 0 Å². The van der Waals surface area contributed by atoms with Crippen LogP contribution < -0.4 is 0 Å². The molecule has 1 aromatic heterocycles. The van der Waals surface area contributed by atoms with Gasteiger partial charge in [-0.15, -0.1) is 0 Å². The summed E-state index contributed by atoms with van der Waals surface area (Å²) in [4.78, 5) is 0. The molecule has 2 atom stereocenters. The molecular formula is C21H17Cl2NO2. The van der Waals surface area contributed by atoms with Crippen molar-refractivity contribution in [2.75, 3.05) is 0 Å². The van der Waals surface area contributed by atoms with Gasteiger partial charge in [-0.3, -0.25) is 4.57 Å². The zero-order valence-electron chi connectivity index (χ0n) is 13.9. The molecule has 5 rings (SSSR count). The molecule has 1 saturated carbocycles. The summed E-state index contributed by atoms with van der Waals surface area (Å²) < 4.78 is 1.58. The molecule has 132 valence electrons. The van der Waals surface area contributed by atoms with Gasteiger partial charge in [-0.25, -0.2) is 0 Å². The van der Waals surface area contributed by atoms with Gasteiger partial charge < -0.3 is 10.2 Å². The highest BCUT2D eigenvalue weighted by Crippen LogP contribution is 2.60. The van der Waals surface area contributed by atoms with E-state index in [1.54, 1.807) is 16.7 Å².